The van der Waals surface area contributed by atoms with E-state index in [4.69, 9.17) is 19.9 Å². The fraction of sp³-hybridized carbons (Fsp3) is 0.391. The average molecular weight is 445 g/mol. The summed E-state index contributed by atoms with van der Waals surface area (Å²) in [5, 5.41) is 5.39. The Morgan fingerprint density at radius 3 is 2.34 bits per heavy atom. The number of methoxy groups -OCH3 is 1. The molecule has 174 valence electrons. The van der Waals surface area contributed by atoms with Gasteiger partial charge >= 0.3 is 6.03 Å². The number of anilines is 2. The largest absolute Gasteiger partial charge is 0.497 e. The first-order valence-corrected chi connectivity index (χ1v) is 10.5. The van der Waals surface area contributed by atoms with Crippen molar-refractivity contribution < 1.29 is 23.8 Å². The van der Waals surface area contributed by atoms with Crippen LogP contribution in [-0.4, -0.2) is 51.6 Å². The number of carbonyl (C=O) groups is 2. The number of amides is 3. The highest BCUT2D eigenvalue weighted by Gasteiger charge is 2.22. The lowest BCUT2D eigenvalue weighted by atomic mass is 10.2. The van der Waals surface area contributed by atoms with Crippen LogP contribution < -0.4 is 26.0 Å². The number of nitrogens with two attached hydrogens (primary N) is 1. The maximum atomic E-state index is 13.0. The standard InChI is InChI=1S/C23H32N4O5/c1-4-31-22(32-5-2)16-27(19-11-9-17(14-24)10-12-19)23(29)25-15-21(28)26-18-7-6-8-20(13-18)30-3/h6-13,22H,4-5,14-16,24H2,1-3H3,(H,25,29)(H,26,28). The summed E-state index contributed by atoms with van der Waals surface area (Å²) in [5.74, 6) is 0.257. The number of nitrogens with zero attached hydrogens (tertiary/aromatic N) is 1. The van der Waals surface area contributed by atoms with Crippen LogP contribution in [-0.2, 0) is 20.8 Å². The lowest BCUT2D eigenvalue weighted by Crippen LogP contribution is -2.47. The van der Waals surface area contributed by atoms with E-state index >= 15 is 0 Å². The van der Waals surface area contributed by atoms with Crippen molar-refractivity contribution in [1.82, 2.24) is 5.32 Å². The van der Waals surface area contributed by atoms with Gasteiger partial charge in [-0.3, -0.25) is 9.69 Å². The third kappa shape index (κ3) is 7.84. The smallest absolute Gasteiger partial charge is 0.322 e. The molecule has 0 aromatic heterocycles. The molecule has 0 aliphatic heterocycles. The summed E-state index contributed by atoms with van der Waals surface area (Å²) in [6, 6.07) is 13.8. The first-order chi connectivity index (χ1) is 15.5. The second kappa shape index (κ2) is 13.3. The Labute approximate surface area is 188 Å². The summed E-state index contributed by atoms with van der Waals surface area (Å²) in [6.07, 6.45) is -0.601. The van der Waals surface area contributed by atoms with Gasteiger partial charge in [-0.2, -0.15) is 0 Å². The van der Waals surface area contributed by atoms with Crippen LogP contribution in [0.1, 0.15) is 19.4 Å². The van der Waals surface area contributed by atoms with Crippen molar-refractivity contribution in [3.8, 4) is 5.75 Å². The van der Waals surface area contributed by atoms with Gasteiger partial charge in [-0.1, -0.05) is 18.2 Å². The van der Waals surface area contributed by atoms with Crippen LogP contribution in [0.3, 0.4) is 0 Å². The molecule has 9 nitrogen and oxygen atoms in total. The van der Waals surface area contributed by atoms with E-state index in [1.54, 1.807) is 43.5 Å². The summed E-state index contributed by atoms with van der Waals surface area (Å²) in [6.45, 7) is 4.95. The fourth-order valence-electron chi connectivity index (χ4n) is 2.95. The van der Waals surface area contributed by atoms with Crippen LogP contribution in [0.15, 0.2) is 48.5 Å². The van der Waals surface area contributed by atoms with Gasteiger partial charge in [-0.25, -0.2) is 4.79 Å². The Kier molecular flexibility index (Phi) is 10.5. The zero-order valence-corrected chi connectivity index (χ0v) is 18.8. The van der Waals surface area contributed by atoms with Gasteiger partial charge < -0.3 is 30.6 Å². The Morgan fingerprint density at radius 1 is 1.06 bits per heavy atom. The van der Waals surface area contributed by atoms with Crippen LogP contribution in [0.5, 0.6) is 5.75 Å². The predicted octanol–water partition coefficient (Wildman–Crippen LogP) is 2.71. The molecule has 0 atom stereocenters. The lowest BCUT2D eigenvalue weighted by Gasteiger charge is -2.27. The Balaban J connectivity index is 2.07. The predicted molar refractivity (Wildman–Crippen MR) is 124 cm³/mol. The maximum Gasteiger partial charge on any atom is 0.322 e. The number of hydrogen-bond acceptors (Lipinski definition) is 6. The van der Waals surface area contributed by atoms with Crippen molar-refractivity contribution in [3.63, 3.8) is 0 Å². The second-order valence-electron chi connectivity index (χ2n) is 6.76. The minimum Gasteiger partial charge on any atom is -0.497 e. The van der Waals surface area contributed by atoms with E-state index in [-0.39, 0.29) is 19.0 Å². The molecule has 0 aliphatic carbocycles. The van der Waals surface area contributed by atoms with Gasteiger partial charge in [0, 0.05) is 37.2 Å². The minimum absolute atomic E-state index is 0.160. The van der Waals surface area contributed by atoms with Crippen LogP contribution in [0, 0.1) is 0 Å². The van der Waals surface area contributed by atoms with E-state index < -0.39 is 12.3 Å². The van der Waals surface area contributed by atoms with Gasteiger partial charge in [0.15, 0.2) is 6.29 Å². The number of hydrogen-bond donors (Lipinski definition) is 3. The molecular formula is C23H32N4O5. The van der Waals surface area contributed by atoms with Crippen LogP contribution in [0.4, 0.5) is 16.2 Å². The molecule has 4 N–H and O–H groups in total. The van der Waals surface area contributed by atoms with Gasteiger partial charge in [0.2, 0.25) is 5.91 Å². The summed E-state index contributed by atoms with van der Waals surface area (Å²) in [5.41, 5.74) is 7.83. The van der Waals surface area contributed by atoms with Crippen molar-refractivity contribution in [2.75, 3.05) is 43.6 Å². The molecule has 0 spiro atoms. The molecular weight excluding hydrogens is 412 g/mol. The van der Waals surface area contributed by atoms with Crippen molar-refractivity contribution >= 4 is 23.3 Å². The number of rotatable bonds is 12. The summed E-state index contributed by atoms with van der Waals surface area (Å²) >= 11 is 0. The Bertz CT molecular complexity index is 854. The summed E-state index contributed by atoms with van der Waals surface area (Å²) in [4.78, 5) is 26.8. The summed E-state index contributed by atoms with van der Waals surface area (Å²) < 4.78 is 16.4. The van der Waals surface area contributed by atoms with E-state index in [0.717, 1.165) is 5.56 Å². The van der Waals surface area contributed by atoms with Gasteiger partial charge in [0.25, 0.3) is 0 Å². The van der Waals surface area contributed by atoms with E-state index in [2.05, 4.69) is 10.6 Å². The summed E-state index contributed by atoms with van der Waals surface area (Å²) in [7, 11) is 1.55. The Morgan fingerprint density at radius 2 is 1.75 bits per heavy atom. The highest BCUT2D eigenvalue weighted by molar-refractivity contribution is 5.98. The highest BCUT2D eigenvalue weighted by Crippen LogP contribution is 2.18. The fourth-order valence-corrected chi connectivity index (χ4v) is 2.95. The molecule has 0 saturated carbocycles. The molecule has 2 aromatic carbocycles. The molecule has 0 fully saturated rings. The van der Waals surface area contributed by atoms with Crippen LogP contribution >= 0.6 is 0 Å². The normalized spacial score (nSPS) is 10.7. The molecule has 9 heteroatoms. The number of carbonyl (C=O) groups excluding carboxylic acids is 2. The zero-order valence-electron chi connectivity index (χ0n) is 18.8. The molecule has 0 heterocycles. The molecule has 0 bridgehead atoms. The van der Waals surface area contributed by atoms with Gasteiger partial charge in [-0.05, 0) is 43.7 Å². The van der Waals surface area contributed by atoms with Crippen molar-refractivity contribution in [1.29, 1.82) is 0 Å². The lowest BCUT2D eigenvalue weighted by molar-refractivity contribution is -0.128. The molecule has 2 aromatic rings. The zero-order chi connectivity index (χ0) is 23.3. The Hall–Kier alpha value is -3.14. The molecule has 3 amide bonds. The molecule has 2 rings (SSSR count). The number of urea groups is 1. The van der Waals surface area contributed by atoms with Crippen molar-refractivity contribution in [2.45, 2.75) is 26.7 Å². The van der Waals surface area contributed by atoms with Crippen molar-refractivity contribution in [3.05, 3.63) is 54.1 Å². The van der Waals surface area contributed by atoms with Crippen molar-refractivity contribution in [2.24, 2.45) is 5.73 Å². The topological polar surface area (TPSA) is 115 Å². The molecule has 32 heavy (non-hydrogen) atoms. The third-order valence-electron chi connectivity index (χ3n) is 4.52. The number of benzene rings is 2. The highest BCUT2D eigenvalue weighted by atomic mass is 16.7. The first kappa shape index (κ1) is 25.1. The second-order valence-corrected chi connectivity index (χ2v) is 6.76. The monoisotopic (exact) mass is 444 g/mol. The number of ether oxygens (including phenoxy) is 3. The van der Waals surface area contributed by atoms with Gasteiger partial charge in [0.05, 0.1) is 20.2 Å². The van der Waals surface area contributed by atoms with E-state index in [0.29, 0.717) is 36.9 Å². The SMILES string of the molecule is CCOC(CN(C(=O)NCC(=O)Nc1cccc(OC)c1)c1ccc(CN)cc1)OCC. The molecule has 0 unspecified atom stereocenters. The van der Waals surface area contributed by atoms with E-state index in [9.17, 15) is 9.59 Å². The molecule has 0 aliphatic rings. The van der Waals surface area contributed by atoms with E-state index in [1.807, 2.05) is 26.0 Å². The minimum atomic E-state index is -0.601. The van der Waals surface area contributed by atoms with Crippen LogP contribution in [0.25, 0.3) is 0 Å². The third-order valence-corrected chi connectivity index (χ3v) is 4.52. The van der Waals surface area contributed by atoms with Crippen LogP contribution in [0.2, 0.25) is 0 Å². The van der Waals surface area contributed by atoms with E-state index in [1.165, 1.54) is 4.90 Å². The van der Waals surface area contributed by atoms with Gasteiger partial charge in [-0.15, -0.1) is 0 Å². The van der Waals surface area contributed by atoms with Gasteiger partial charge in [0.1, 0.15) is 5.75 Å². The molecule has 0 radical (unpaired) electrons. The maximum absolute atomic E-state index is 13.0. The molecule has 0 saturated heterocycles. The average Bonchev–Trinajstić information content (AvgIpc) is 2.81. The number of nitrogens with one attached hydrogen (secondary N) is 2. The quantitative estimate of drug-likeness (QED) is 0.434. The first-order valence-electron chi connectivity index (χ1n) is 10.5.